The lowest BCUT2D eigenvalue weighted by Crippen LogP contribution is -2.38. The normalized spacial score (nSPS) is 15.1. The molecule has 1 saturated heterocycles. The van der Waals surface area contributed by atoms with Gasteiger partial charge in [-0.2, -0.15) is 0 Å². The molecule has 0 aliphatic carbocycles. The van der Waals surface area contributed by atoms with Crippen LogP contribution in [0.3, 0.4) is 0 Å². The third-order valence-corrected chi connectivity index (χ3v) is 4.56. The van der Waals surface area contributed by atoms with Crippen LogP contribution in [0.4, 0.5) is 9.59 Å². The summed E-state index contributed by atoms with van der Waals surface area (Å²) in [5, 5.41) is 3.21. The Bertz CT molecular complexity index is 663. The number of nitrogens with zero attached hydrogens (tertiary/aromatic N) is 1. The van der Waals surface area contributed by atoms with Crippen molar-refractivity contribution in [2.24, 2.45) is 5.92 Å². The van der Waals surface area contributed by atoms with E-state index in [4.69, 9.17) is 14.2 Å². The third kappa shape index (κ3) is 15.2. The number of para-hydroxylation sites is 1. The second kappa shape index (κ2) is 14.1. The van der Waals surface area contributed by atoms with Crippen LogP contribution in [0.25, 0.3) is 0 Å². The zero-order valence-electron chi connectivity index (χ0n) is 21.3. The Balaban J connectivity index is 0.000000337. The Hall–Kier alpha value is -2.32. The number of nitrogens with one attached hydrogen (secondary N) is 1. The van der Waals surface area contributed by atoms with Gasteiger partial charge in [-0.25, -0.2) is 9.59 Å². The number of likely N-dealkylation sites (tertiary alicyclic amines) is 1. The standard InChI is InChI=1S/C15H24N2O.C10H18O5/c1-16-9-12-17-10-7-14(8-11-17)13-18-15-5-3-2-4-6-15;1-9(2,3)14-7(11)13-8(12)15-10(4,5)6/h2-6,14,16H,7-13H2,1H3;1-6H3. The summed E-state index contributed by atoms with van der Waals surface area (Å²) < 4.78 is 19.6. The molecule has 0 aromatic heterocycles. The van der Waals surface area contributed by atoms with Gasteiger partial charge in [0.15, 0.2) is 0 Å². The Morgan fingerprint density at radius 3 is 1.91 bits per heavy atom. The number of hydrogen-bond acceptors (Lipinski definition) is 8. The average molecular weight is 467 g/mol. The van der Waals surface area contributed by atoms with E-state index in [1.54, 1.807) is 41.5 Å². The molecule has 1 fully saturated rings. The van der Waals surface area contributed by atoms with Gasteiger partial charge in [-0.3, -0.25) is 0 Å². The first-order valence-corrected chi connectivity index (χ1v) is 11.6. The second-order valence-electron chi connectivity index (χ2n) is 10.0. The van der Waals surface area contributed by atoms with Crippen LogP contribution in [0, 0.1) is 5.92 Å². The van der Waals surface area contributed by atoms with Crippen LogP contribution in [0.2, 0.25) is 0 Å². The smallest absolute Gasteiger partial charge is 0.493 e. The van der Waals surface area contributed by atoms with Crippen LogP contribution in [-0.4, -0.2) is 68.2 Å². The molecule has 0 spiro atoms. The number of rotatable bonds is 6. The van der Waals surface area contributed by atoms with Gasteiger partial charge in [0.05, 0.1) is 6.61 Å². The molecule has 8 nitrogen and oxygen atoms in total. The van der Waals surface area contributed by atoms with Crippen LogP contribution < -0.4 is 10.1 Å². The minimum Gasteiger partial charge on any atom is -0.493 e. The molecule has 2 rings (SSSR count). The lowest BCUT2D eigenvalue weighted by atomic mass is 9.98. The van der Waals surface area contributed by atoms with E-state index in [0.717, 1.165) is 24.8 Å². The fourth-order valence-electron chi connectivity index (χ4n) is 2.99. The predicted molar refractivity (Wildman–Crippen MR) is 129 cm³/mol. The first-order valence-electron chi connectivity index (χ1n) is 11.6. The van der Waals surface area contributed by atoms with Crippen LogP contribution in [0.5, 0.6) is 5.75 Å². The summed E-state index contributed by atoms with van der Waals surface area (Å²) in [5.74, 6) is 1.71. The Kier molecular flexibility index (Phi) is 12.2. The van der Waals surface area contributed by atoms with Crippen LogP contribution in [-0.2, 0) is 14.2 Å². The number of piperidine rings is 1. The molecule has 1 N–H and O–H groups in total. The fourth-order valence-corrected chi connectivity index (χ4v) is 2.99. The summed E-state index contributed by atoms with van der Waals surface area (Å²) in [6.07, 6.45) is 0.404. The van der Waals surface area contributed by atoms with Gasteiger partial charge in [0, 0.05) is 13.1 Å². The highest BCUT2D eigenvalue weighted by Crippen LogP contribution is 2.19. The lowest BCUT2D eigenvalue weighted by molar-refractivity contribution is -0.0293. The molecule has 33 heavy (non-hydrogen) atoms. The molecule has 8 heteroatoms. The molecule has 0 atom stereocenters. The van der Waals surface area contributed by atoms with Crippen molar-refractivity contribution in [3.8, 4) is 5.75 Å². The van der Waals surface area contributed by atoms with E-state index in [0.29, 0.717) is 0 Å². The number of carbonyl (C=O) groups is 2. The van der Waals surface area contributed by atoms with E-state index < -0.39 is 23.5 Å². The van der Waals surface area contributed by atoms with Crippen molar-refractivity contribution < 1.29 is 28.5 Å². The number of likely N-dealkylation sites (N-methyl/N-ethyl adjacent to an activating group) is 1. The summed E-state index contributed by atoms with van der Waals surface area (Å²) in [6, 6.07) is 10.1. The quantitative estimate of drug-likeness (QED) is 0.469. The first-order chi connectivity index (χ1) is 15.4. The maximum absolute atomic E-state index is 11.0. The molecule has 0 unspecified atom stereocenters. The van der Waals surface area contributed by atoms with E-state index in [1.165, 1.54) is 32.5 Å². The van der Waals surface area contributed by atoms with Crippen LogP contribution >= 0.6 is 0 Å². The number of benzene rings is 1. The highest BCUT2D eigenvalue weighted by Gasteiger charge is 2.24. The average Bonchev–Trinajstić information content (AvgIpc) is 2.70. The van der Waals surface area contributed by atoms with Gasteiger partial charge in [-0.05, 0) is 92.6 Å². The minimum atomic E-state index is -1.06. The molecular formula is C25H42N2O6. The van der Waals surface area contributed by atoms with E-state index in [-0.39, 0.29) is 0 Å². The number of hydrogen-bond donors (Lipinski definition) is 1. The Morgan fingerprint density at radius 1 is 0.939 bits per heavy atom. The van der Waals surface area contributed by atoms with Crippen molar-refractivity contribution in [1.82, 2.24) is 10.2 Å². The molecular weight excluding hydrogens is 424 g/mol. The molecule has 1 heterocycles. The van der Waals surface area contributed by atoms with Gasteiger partial charge in [-0.15, -0.1) is 0 Å². The zero-order chi connectivity index (χ0) is 24.9. The van der Waals surface area contributed by atoms with E-state index >= 15 is 0 Å². The van der Waals surface area contributed by atoms with Crippen molar-refractivity contribution in [1.29, 1.82) is 0 Å². The highest BCUT2D eigenvalue weighted by molar-refractivity contribution is 5.77. The van der Waals surface area contributed by atoms with Crippen molar-refractivity contribution >= 4 is 12.3 Å². The Labute approximate surface area is 198 Å². The van der Waals surface area contributed by atoms with Gasteiger partial charge in [-0.1, -0.05) is 18.2 Å². The first kappa shape index (κ1) is 28.7. The summed E-state index contributed by atoms with van der Waals surface area (Å²) in [6.45, 7) is 15.6. The zero-order valence-corrected chi connectivity index (χ0v) is 21.3. The Morgan fingerprint density at radius 2 is 1.45 bits per heavy atom. The van der Waals surface area contributed by atoms with E-state index in [9.17, 15) is 9.59 Å². The van der Waals surface area contributed by atoms with Crippen LogP contribution in [0.15, 0.2) is 30.3 Å². The maximum atomic E-state index is 11.0. The fraction of sp³-hybridized carbons (Fsp3) is 0.680. The summed E-state index contributed by atoms with van der Waals surface area (Å²) in [7, 11) is 2.01. The largest absolute Gasteiger partial charge is 0.519 e. The molecule has 1 aromatic carbocycles. The van der Waals surface area contributed by atoms with Crippen molar-refractivity contribution in [2.75, 3.05) is 39.8 Å². The second-order valence-corrected chi connectivity index (χ2v) is 10.0. The van der Waals surface area contributed by atoms with Gasteiger partial charge in [0.1, 0.15) is 17.0 Å². The van der Waals surface area contributed by atoms with Crippen LogP contribution in [0.1, 0.15) is 54.4 Å². The molecule has 188 valence electrons. The predicted octanol–water partition coefficient (Wildman–Crippen LogP) is 4.87. The maximum Gasteiger partial charge on any atom is 0.519 e. The summed E-state index contributed by atoms with van der Waals surface area (Å²) >= 11 is 0. The molecule has 1 aromatic rings. The highest BCUT2D eigenvalue weighted by atomic mass is 16.8. The van der Waals surface area contributed by atoms with Crippen molar-refractivity contribution in [3.63, 3.8) is 0 Å². The molecule has 0 saturated carbocycles. The molecule has 1 aliphatic heterocycles. The molecule has 0 amide bonds. The van der Waals surface area contributed by atoms with E-state index in [1.807, 2.05) is 37.4 Å². The van der Waals surface area contributed by atoms with Gasteiger partial charge < -0.3 is 29.2 Å². The van der Waals surface area contributed by atoms with E-state index in [2.05, 4.69) is 15.0 Å². The SMILES string of the molecule is CC(C)(C)OC(=O)OC(=O)OC(C)(C)C.CNCCN1CCC(COc2ccccc2)CC1. The summed E-state index contributed by atoms with van der Waals surface area (Å²) in [4.78, 5) is 24.6. The van der Waals surface area contributed by atoms with Crippen molar-refractivity contribution in [3.05, 3.63) is 30.3 Å². The van der Waals surface area contributed by atoms with Gasteiger partial charge in [0.25, 0.3) is 0 Å². The number of carbonyl (C=O) groups excluding carboxylic acids is 2. The van der Waals surface area contributed by atoms with Gasteiger partial charge >= 0.3 is 12.3 Å². The number of ether oxygens (including phenoxy) is 4. The summed E-state index contributed by atoms with van der Waals surface area (Å²) in [5.41, 5.74) is -1.39. The monoisotopic (exact) mass is 466 g/mol. The molecule has 1 aliphatic rings. The molecule has 0 bridgehead atoms. The molecule has 0 radical (unpaired) electrons. The third-order valence-electron chi connectivity index (χ3n) is 4.56. The lowest BCUT2D eigenvalue weighted by Gasteiger charge is -2.31. The topological polar surface area (TPSA) is 86.3 Å². The van der Waals surface area contributed by atoms with Gasteiger partial charge in [0.2, 0.25) is 0 Å². The minimum absolute atomic E-state index is 0.695. The van der Waals surface area contributed by atoms with Crippen molar-refractivity contribution in [2.45, 2.75) is 65.6 Å².